The van der Waals surface area contributed by atoms with Gasteiger partial charge in [-0.15, -0.1) is 0 Å². The number of benzene rings is 2. The van der Waals surface area contributed by atoms with E-state index in [1.54, 1.807) is 0 Å². The van der Waals surface area contributed by atoms with Crippen LogP contribution in [-0.4, -0.2) is 5.78 Å². The zero-order valence-corrected chi connectivity index (χ0v) is 14.8. The van der Waals surface area contributed by atoms with Crippen LogP contribution in [0.1, 0.15) is 60.9 Å². The van der Waals surface area contributed by atoms with E-state index in [4.69, 9.17) is 0 Å². The van der Waals surface area contributed by atoms with Gasteiger partial charge in [-0.25, -0.2) is 0 Å². The van der Waals surface area contributed by atoms with Crippen LogP contribution in [0.5, 0.6) is 0 Å². The van der Waals surface area contributed by atoms with Gasteiger partial charge in [0, 0.05) is 12.0 Å². The highest BCUT2D eigenvalue weighted by atomic mass is 16.1. The molecule has 4 rings (SSSR count). The number of carbonyl (C=O) groups is 1. The molecule has 0 N–H and O–H groups in total. The van der Waals surface area contributed by atoms with E-state index in [0.29, 0.717) is 23.5 Å². The molecule has 25 heavy (non-hydrogen) atoms. The zero-order chi connectivity index (χ0) is 17.1. The summed E-state index contributed by atoms with van der Waals surface area (Å²) in [5.41, 5.74) is 3.88. The molecule has 0 radical (unpaired) electrons. The second-order valence-corrected chi connectivity index (χ2v) is 7.70. The van der Waals surface area contributed by atoms with Gasteiger partial charge in [0.2, 0.25) is 0 Å². The van der Waals surface area contributed by atoms with Crippen molar-refractivity contribution < 1.29 is 4.79 Å². The SMILES string of the molecule is O=C(CC1C(c2ccccc2)=CCC12CCCCC2)c1ccccc1. The van der Waals surface area contributed by atoms with Gasteiger partial charge in [-0.1, -0.05) is 86.0 Å². The molecule has 0 bridgehead atoms. The number of carbonyl (C=O) groups excluding carboxylic acids is 1. The molecule has 1 unspecified atom stereocenters. The van der Waals surface area contributed by atoms with Crippen molar-refractivity contribution in [2.24, 2.45) is 11.3 Å². The lowest BCUT2D eigenvalue weighted by Crippen LogP contribution is -2.31. The van der Waals surface area contributed by atoms with E-state index < -0.39 is 0 Å². The van der Waals surface area contributed by atoms with Crippen molar-refractivity contribution in [2.45, 2.75) is 44.9 Å². The van der Waals surface area contributed by atoms with Crippen molar-refractivity contribution in [3.63, 3.8) is 0 Å². The summed E-state index contributed by atoms with van der Waals surface area (Å²) in [6, 6.07) is 20.5. The number of allylic oxidation sites excluding steroid dienone is 2. The number of hydrogen-bond acceptors (Lipinski definition) is 1. The van der Waals surface area contributed by atoms with Crippen molar-refractivity contribution in [3.8, 4) is 0 Å². The normalized spacial score (nSPS) is 21.9. The van der Waals surface area contributed by atoms with Gasteiger partial charge in [0.25, 0.3) is 0 Å². The second kappa shape index (κ2) is 7.00. The summed E-state index contributed by atoms with van der Waals surface area (Å²) in [6.07, 6.45) is 10.7. The Labute approximate surface area is 150 Å². The average molecular weight is 330 g/mol. The highest BCUT2D eigenvalue weighted by Gasteiger charge is 2.45. The average Bonchev–Trinajstić information content (AvgIpc) is 3.01. The van der Waals surface area contributed by atoms with Crippen molar-refractivity contribution in [1.82, 2.24) is 0 Å². The highest BCUT2D eigenvalue weighted by molar-refractivity contribution is 5.97. The predicted octanol–water partition coefficient (Wildman–Crippen LogP) is 6.31. The number of rotatable bonds is 4. The Morgan fingerprint density at radius 3 is 2.20 bits per heavy atom. The lowest BCUT2D eigenvalue weighted by molar-refractivity contribution is 0.0881. The second-order valence-electron chi connectivity index (χ2n) is 7.70. The van der Waals surface area contributed by atoms with Gasteiger partial charge < -0.3 is 0 Å². The van der Waals surface area contributed by atoms with E-state index in [0.717, 1.165) is 12.0 Å². The van der Waals surface area contributed by atoms with Crippen LogP contribution in [0, 0.1) is 11.3 Å². The summed E-state index contributed by atoms with van der Waals surface area (Å²) in [6.45, 7) is 0. The molecule has 2 aromatic carbocycles. The lowest BCUT2D eigenvalue weighted by atomic mass is 9.63. The van der Waals surface area contributed by atoms with E-state index in [1.165, 1.54) is 43.2 Å². The number of Topliss-reactive ketones (excluding diaryl/α,β-unsaturated/α-hetero) is 1. The molecule has 128 valence electrons. The molecule has 0 saturated heterocycles. The monoisotopic (exact) mass is 330 g/mol. The number of ketones is 1. The van der Waals surface area contributed by atoms with Gasteiger partial charge in [-0.2, -0.15) is 0 Å². The first kappa shape index (κ1) is 16.3. The van der Waals surface area contributed by atoms with Gasteiger partial charge in [-0.3, -0.25) is 4.79 Å². The minimum absolute atomic E-state index is 0.291. The highest BCUT2D eigenvalue weighted by Crippen LogP contribution is 2.56. The van der Waals surface area contributed by atoms with Crippen molar-refractivity contribution in [2.75, 3.05) is 0 Å². The van der Waals surface area contributed by atoms with Gasteiger partial charge in [-0.05, 0) is 41.7 Å². The first-order chi connectivity index (χ1) is 12.3. The Hall–Kier alpha value is -2.15. The summed E-state index contributed by atoms with van der Waals surface area (Å²) in [5.74, 6) is 0.655. The maximum Gasteiger partial charge on any atom is 0.163 e. The van der Waals surface area contributed by atoms with Crippen LogP contribution in [0.15, 0.2) is 66.7 Å². The quantitative estimate of drug-likeness (QED) is 0.600. The first-order valence-electron chi connectivity index (χ1n) is 9.62. The molecule has 0 aromatic heterocycles. The molecule has 1 spiro atoms. The Bertz CT molecular complexity index is 751. The first-order valence-corrected chi connectivity index (χ1v) is 9.62. The largest absolute Gasteiger partial charge is 0.294 e. The third-order valence-corrected chi connectivity index (χ3v) is 6.28. The van der Waals surface area contributed by atoms with Crippen molar-refractivity contribution in [3.05, 3.63) is 77.9 Å². The van der Waals surface area contributed by atoms with Gasteiger partial charge in [0.05, 0.1) is 0 Å². The molecule has 2 aliphatic rings. The molecule has 2 aromatic rings. The minimum Gasteiger partial charge on any atom is -0.294 e. The van der Waals surface area contributed by atoms with E-state index in [9.17, 15) is 4.79 Å². The molecule has 0 aliphatic heterocycles. The molecule has 1 heteroatoms. The molecular weight excluding hydrogens is 304 g/mol. The zero-order valence-electron chi connectivity index (χ0n) is 14.8. The van der Waals surface area contributed by atoms with Crippen LogP contribution in [-0.2, 0) is 0 Å². The Kier molecular flexibility index (Phi) is 4.57. The maximum atomic E-state index is 13.0. The maximum absolute atomic E-state index is 13.0. The topological polar surface area (TPSA) is 17.1 Å². The van der Waals surface area contributed by atoms with Crippen LogP contribution in [0.25, 0.3) is 5.57 Å². The van der Waals surface area contributed by atoms with Crippen LogP contribution < -0.4 is 0 Å². The van der Waals surface area contributed by atoms with Gasteiger partial charge in [0.15, 0.2) is 5.78 Å². The summed E-state index contributed by atoms with van der Waals surface area (Å²) in [4.78, 5) is 13.0. The van der Waals surface area contributed by atoms with Crippen LogP contribution >= 0.6 is 0 Å². The number of hydrogen-bond donors (Lipinski definition) is 0. The molecule has 2 aliphatic carbocycles. The van der Waals surface area contributed by atoms with Crippen molar-refractivity contribution in [1.29, 1.82) is 0 Å². The molecule has 1 nitrogen and oxygen atoms in total. The third kappa shape index (κ3) is 3.20. The molecule has 1 atom stereocenters. The smallest absolute Gasteiger partial charge is 0.163 e. The summed E-state index contributed by atoms with van der Waals surface area (Å²) in [7, 11) is 0. The standard InChI is InChI=1S/C24H26O/c25-23(20-12-6-2-7-13-20)18-22-21(19-10-4-1-5-11-19)14-17-24(22)15-8-3-9-16-24/h1-2,4-7,10-14,22H,3,8-9,15-18H2. The predicted molar refractivity (Wildman–Crippen MR) is 103 cm³/mol. The van der Waals surface area contributed by atoms with Crippen LogP contribution in [0.4, 0.5) is 0 Å². The Morgan fingerprint density at radius 2 is 1.52 bits per heavy atom. The fraction of sp³-hybridized carbons (Fsp3) is 0.375. The van der Waals surface area contributed by atoms with Crippen LogP contribution in [0.2, 0.25) is 0 Å². The molecule has 0 amide bonds. The molecule has 1 saturated carbocycles. The summed E-state index contributed by atoms with van der Waals surface area (Å²) < 4.78 is 0. The molecular formula is C24H26O. The Morgan fingerprint density at radius 1 is 0.880 bits per heavy atom. The fourth-order valence-electron chi connectivity index (χ4n) is 4.94. The Balaban J connectivity index is 1.65. The van der Waals surface area contributed by atoms with E-state index in [1.807, 2.05) is 30.3 Å². The molecule has 1 fully saturated rings. The fourth-order valence-corrected chi connectivity index (χ4v) is 4.94. The van der Waals surface area contributed by atoms with Gasteiger partial charge in [0.1, 0.15) is 0 Å². The van der Waals surface area contributed by atoms with E-state index in [-0.39, 0.29) is 0 Å². The summed E-state index contributed by atoms with van der Waals surface area (Å²) in [5, 5.41) is 0. The summed E-state index contributed by atoms with van der Waals surface area (Å²) >= 11 is 0. The molecule has 0 heterocycles. The van der Waals surface area contributed by atoms with Gasteiger partial charge >= 0.3 is 0 Å². The van der Waals surface area contributed by atoms with E-state index in [2.05, 4.69) is 36.4 Å². The van der Waals surface area contributed by atoms with Crippen molar-refractivity contribution >= 4 is 11.4 Å². The third-order valence-electron chi connectivity index (χ3n) is 6.28. The lowest BCUT2D eigenvalue weighted by Gasteiger charge is -2.40. The van der Waals surface area contributed by atoms with Crippen LogP contribution in [0.3, 0.4) is 0 Å². The van der Waals surface area contributed by atoms with E-state index >= 15 is 0 Å². The minimum atomic E-state index is 0.291.